The van der Waals surface area contributed by atoms with Gasteiger partial charge in [0.1, 0.15) is 5.83 Å². The first-order valence-electron chi connectivity index (χ1n) is 2.89. The Balaban J connectivity index is 4.67. The van der Waals surface area contributed by atoms with Crippen molar-refractivity contribution in [3.63, 3.8) is 0 Å². The van der Waals surface area contributed by atoms with Crippen LogP contribution < -0.4 is 0 Å². The summed E-state index contributed by atoms with van der Waals surface area (Å²) in [6.07, 6.45) is -4.77. The molecule has 0 aromatic carbocycles. The van der Waals surface area contributed by atoms with Gasteiger partial charge in [0.15, 0.2) is 5.03 Å². The molecule has 0 saturated carbocycles. The van der Waals surface area contributed by atoms with Crippen molar-refractivity contribution in [2.24, 2.45) is 5.92 Å². The topological polar surface area (TPSA) is 0 Å². The molecule has 0 atom stereocenters. The number of hydrogen-bond donors (Lipinski definition) is 0. The van der Waals surface area contributed by atoms with E-state index in [2.05, 4.69) is 11.6 Å². The second-order valence-electron chi connectivity index (χ2n) is 2.31. The smallest absolute Gasteiger partial charge is 0.210 e. The average molecular weight is 191 g/mol. The molecule has 0 radical (unpaired) electrons. The predicted octanol–water partition coefficient (Wildman–Crippen LogP) is 3.62. The van der Waals surface area contributed by atoms with Crippen LogP contribution in [0.15, 0.2) is 10.9 Å². The van der Waals surface area contributed by atoms with Gasteiger partial charge in [0.25, 0.3) is 0 Å². The van der Waals surface area contributed by atoms with Crippen LogP contribution in [0.5, 0.6) is 0 Å². The van der Waals surface area contributed by atoms with E-state index in [9.17, 15) is 17.6 Å². The van der Waals surface area contributed by atoms with E-state index in [1.54, 1.807) is 0 Å². The Labute approximate surface area is 66.8 Å². The van der Waals surface area contributed by atoms with Crippen LogP contribution in [0.25, 0.3) is 0 Å². The van der Waals surface area contributed by atoms with Crippen molar-refractivity contribution in [2.75, 3.05) is 0 Å². The number of hydrogen-bond acceptors (Lipinski definition) is 0. The van der Waals surface area contributed by atoms with Crippen LogP contribution in [0.4, 0.5) is 17.6 Å². The molecule has 0 bridgehead atoms. The zero-order valence-corrected chi connectivity index (χ0v) is 6.72. The standard InChI is InChI=1S/C6H7ClF4/c1-3(2)4(8)5(7)6(9,10)11/h3H,1-2H3/b5-4+. The van der Waals surface area contributed by atoms with E-state index in [1.165, 1.54) is 13.8 Å². The highest BCUT2D eigenvalue weighted by molar-refractivity contribution is 6.30. The number of rotatable bonds is 1. The van der Waals surface area contributed by atoms with Crippen molar-refractivity contribution in [3.8, 4) is 0 Å². The summed E-state index contributed by atoms with van der Waals surface area (Å²) < 4.78 is 47.3. The lowest BCUT2D eigenvalue weighted by molar-refractivity contribution is -0.0867. The fourth-order valence-corrected chi connectivity index (χ4v) is 0.607. The number of allylic oxidation sites excluding steroid dienone is 2. The maximum absolute atomic E-state index is 12.4. The molecule has 0 aliphatic rings. The monoisotopic (exact) mass is 190 g/mol. The second kappa shape index (κ2) is 3.43. The van der Waals surface area contributed by atoms with Crippen molar-refractivity contribution in [2.45, 2.75) is 20.0 Å². The summed E-state index contributed by atoms with van der Waals surface area (Å²) in [6.45, 7) is 2.59. The first-order chi connectivity index (χ1) is 4.76. The quantitative estimate of drug-likeness (QED) is 0.554. The summed E-state index contributed by atoms with van der Waals surface area (Å²) in [5.41, 5.74) is 0. The van der Waals surface area contributed by atoms with Crippen LogP contribution in [-0.4, -0.2) is 6.18 Å². The highest BCUT2D eigenvalue weighted by atomic mass is 35.5. The van der Waals surface area contributed by atoms with E-state index >= 15 is 0 Å². The summed E-state index contributed by atoms with van der Waals surface area (Å²) in [6, 6.07) is 0. The van der Waals surface area contributed by atoms with Gasteiger partial charge < -0.3 is 0 Å². The second-order valence-corrected chi connectivity index (χ2v) is 2.69. The van der Waals surface area contributed by atoms with Gasteiger partial charge in [0.05, 0.1) is 0 Å². The Kier molecular flexibility index (Phi) is 3.35. The van der Waals surface area contributed by atoms with E-state index in [4.69, 9.17) is 0 Å². The third-order valence-corrected chi connectivity index (χ3v) is 1.36. The molecule has 66 valence electrons. The molecule has 0 aromatic heterocycles. The van der Waals surface area contributed by atoms with Crippen molar-refractivity contribution in [1.29, 1.82) is 0 Å². The molecule has 0 aliphatic carbocycles. The first-order valence-corrected chi connectivity index (χ1v) is 3.27. The van der Waals surface area contributed by atoms with E-state index in [0.29, 0.717) is 0 Å². The molecule has 11 heavy (non-hydrogen) atoms. The molecule has 0 spiro atoms. The van der Waals surface area contributed by atoms with Crippen LogP contribution in [-0.2, 0) is 0 Å². The van der Waals surface area contributed by atoms with E-state index in [1.807, 2.05) is 0 Å². The van der Waals surface area contributed by atoms with Crippen molar-refractivity contribution < 1.29 is 17.6 Å². The summed E-state index contributed by atoms with van der Waals surface area (Å²) in [5, 5.41) is -1.66. The van der Waals surface area contributed by atoms with Crippen LogP contribution in [0.3, 0.4) is 0 Å². The molecule has 0 heterocycles. The average Bonchev–Trinajstić information content (AvgIpc) is 1.82. The van der Waals surface area contributed by atoms with Gasteiger partial charge in [-0.05, 0) is 0 Å². The molecule has 0 nitrogen and oxygen atoms in total. The van der Waals surface area contributed by atoms with Gasteiger partial charge in [-0.2, -0.15) is 13.2 Å². The van der Waals surface area contributed by atoms with Crippen LogP contribution in [0.1, 0.15) is 13.8 Å². The summed E-state index contributed by atoms with van der Waals surface area (Å²) in [7, 11) is 0. The minimum Gasteiger partial charge on any atom is -0.210 e. The molecule has 0 aliphatic heterocycles. The van der Waals surface area contributed by atoms with Gasteiger partial charge in [0, 0.05) is 5.92 Å². The molecule has 5 heteroatoms. The lowest BCUT2D eigenvalue weighted by atomic mass is 10.2. The molecular weight excluding hydrogens is 184 g/mol. The van der Waals surface area contributed by atoms with Crippen LogP contribution >= 0.6 is 11.6 Å². The SMILES string of the molecule is CC(C)/C(F)=C(\Cl)C(F)(F)F. The zero-order valence-electron chi connectivity index (χ0n) is 5.97. The van der Waals surface area contributed by atoms with Crippen molar-refractivity contribution in [1.82, 2.24) is 0 Å². The maximum atomic E-state index is 12.4. The fourth-order valence-electron chi connectivity index (χ4n) is 0.389. The number of halogens is 5. The molecular formula is C6H7ClF4. The molecule has 0 saturated heterocycles. The van der Waals surface area contributed by atoms with Crippen LogP contribution in [0, 0.1) is 5.92 Å². The molecule has 0 unspecified atom stereocenters. The summed E-state index contributed by atoms with van der Waals surface area (Å²) in [5.74, 6) is -2.15. The van der Waals surface area contributed by atoms with E-state index in [-0.39, 0.29) is 0 Å². The maximum Gasteiger partial charge on any atom is 0.429 e. The van der Waals surface area contributed by atoms with Gasteiger partial charge in [-0.3, -0.25) is 0 Å². The Morgan fingerprint density at radius 2 is 1.64 bits per heavy atom. The Bertz CT molecular complexity index is 168. The van der Waals surface area contributed by atoms with Gasteiger partial charge in [-0.1, -0.05) is 25.4 Å². The Hall–Kier alpha value is -0.250. The highest BCUT2D eigenvalue weighted by Gasteiger charge is 2.36. The third kappa shape index (κ3) is 3.10. The lowest BCUT2D eigenvalue weighted by Crippen LogP contribution is -2.10. The first kappa shape index (κ1) is 10.8. The van der Waals surface area contributed by atoms with E-state index < -0.39 is 23.0 Å². The van der Waals surface area contributed by atoms with E-state index in [0.717, 1.165) is 0 Å². The minimum absolute atomic E-state index is 0.830. The van der Waals surface area contributed by atoms with Gasteiger partial charge in [0.2, 0.25) is 0 Å². The molecule has 0 amide bonds. The predicted molar refractivity (Wildman–Crippen MR) is 34.9 cm³/mol. The summed E-state index contributed by atoms with van der Waals surface area (Å²) in [4.78, 5) is 0. The zero-order chi connectivity index (χ0) is 9.23. The largest absolute Gasteiger partial charge is 0.429 e. The number of alkyl halides is 3. The third-order valence-electron chi connectivity index (χ3n) is 0.965. The molecule has 0 fully saturated rings. The fraction of sp³-hybridized carbons (Fsp3) is 0.667. The van der Waals surface area contributed by atoms with Crippen molar-refractivity contribution in [3.05, 3.63) is 10.9 Å². The summed E-state index contributed by atoms with van der Waals surface area (Å²) >= 11 is 4.68. The molecule has 0 rings (SSSR count). The Morgan fingerprint density at radius 1 is 1.27 bits per heavy atom. The van der Waals surface area contributed by atoms with Gasteiger partial charge >= 0.3 is 6.18 Å². The minimum atomic E-state index is -4.77. The normalized spacial score (nSPS) is 15.3. The van der Waals surface area contributed by atoms with Crippen LogP contribution in [0.2, 0.25) is 0 Å². The van der Waals surface area contributed by atoms with Gasteiger partial charge in [-0.15, -0.1) is 0 Å². The molecule has 0 aromatic rings. The highest BCUT2D eigenvalue weighted by Crippen LogP contribution is 2.34. The van der Waals surface area contributed by atoms with Gasteiger partial charge in [-0.25, -0.2) is 4.39 Å². The lowest BCUT2D eigenvalue weighted by Gasteiger charge is -2.08. The Morgan fingerprint density at radius 3 is 1.73 bits per heavy atom. The molecule has 0 N–H and O–H groups in total. The van der Waals surface area contributed by atoms with Crippen molar-refractivity contribution >= 4 is 11.6 Å².